The molecule has 2 aromatic carbocycles. The number of aromatic amines is 1. The summed E-state index contributed by atoms with van der Waals surface area (Å²) in [5.41, 5.74) is 4.89. The Balaban J connectivity index is 1.98. The molecule has 0 fully saturated rings. The first kappa shape index (κ1) is 23.4. The number of H-pyrrole nitrogens is 1. The highest BCUT2D eigenvalue weighted by Crippen LogP contribution is 2.37. The van der Waals surface area contributed by atoms with Gasteiger partial charge >= 0.3 is 6.16 Å². The van der Waals surface area contributed by atoms with Gasteiger partial charge in [-0.25, -0.2) is 4.79 Å². The van der Waals surface area contributed by atoms with Gasteiger partial charge in [0, 0.05) is 22.8 Å². The van der Waals surface area contributed by atoms with Crippen LogP contribution in [0.2, 0.25) is 0 Å². The summed E-state index contributed by atoms with van der Waals surface area (Å²) in [6, 6.07) is 11.8. The molecule has 0 aliphatic carbocycles. The highest BCUT2D eigenvalue weighted by atomic mass is 16.7. The van der Waals surface area contributed by atoms with Gasteiger partial charge in [0.1, 0.15) is 6.61 Å². The number of nitrogens with one attached hydrogen (secondary N) is 2. The van der Waals surface area contributed by atoms with Gasteiger partial charge in [0.15, 0.2) is 0 Å². The number of hydrogen-bond acceptors (Lipinski definition) is 3. The molecule has 0 unspecified atom stereocenters. The summed E-state index contributed by atoms with van der Waals surface area (Å²) < 4.78 is 4.88. The smallest absolute Gasteiger partial charge is 0.450 e. The molecule has 0 saturated carbocycles. The summed E-state index contributed by atoms with van der Waals surface area (Å²) in [5.74, 6) is -0.131. The maximum Gasteiger partial charge on any atom is 0.506 e. The number of carbonyl (C=O) groups is 2. The summed E-state index contributed by atoms with van der Waals surface area (Å²) in [6.07, 6.45) is 0.772. The Morgan fingerprint density at radius 2 is 1.62 bits per heavy atom. The third-order valence-corrected chi connectivity index (χ3v) is 5.51. The summed E-state index contributed by atoms with van der Waals surface area (Å²) in [7, 11) is 0. The third-order valence-electron chi connectivity index (χ3n) is 5.51. The molecule has 3 aromatic rings. The largest absolute Gasteiger partial charge is 0.506 e. The normalized spacial score (nSPS) is 12.1. The summed E-state index contributed by atoms with van der Waals surface area (Å²) >= 11 is 0. The molecule has 0 bridgehead atoms. The average molecular weight is 437 g/mol. The van der Waals surface area contributed by atoms with E-state index in [1.165, 1.54) is 0 Å². The van der Waals surface area contributed by atoms with Gasteiger partial charge in [-0.2, -0.15) is 0 Å². The van der Waals surface area contributed by atoms with Gasteiger partial charge in [-0.15, -0.1) is 0 Å². The number of amides is 1. The third kappa shape index (κ3) is 5.31. The number of para-hydroxylation sites is 1. The van der Waals surface area contributed by atoms with Crippen molar-refractivity contribution in [3.8, 4) is 0 Å². The predicted octanol–water partition coefficient (Wildman–Crippen LogP) is 6.14. The lowest BCUT2D eigenvalue weighted by Crippen LogP contribution is -2.23. The van der Waals surface area contributed by atoms with Crippen molar-refractivity contribution in [1.29, 1.82) is 0 Å². The van der Waals surface area contributed by atoms with Crippen molar-refractivity contribution in [3.63, 3.8) is 0 Å². The fourth-order valence-corrected chi connectivity index (χ4v) is 3.97. The number of carbonyl (C=O) groups excluding carboxylic acids is 1. The molecule has 0 spiro atoms. The van der Waals surface area contributed by atoms with E-state index in [4.69, 9.17) is 9.84 Å². The van der Waals surface area contributed by atoms with E-state index >= 15 is 0 Å². The fourth-order valence-electron chi connectivity index (χ4n) is 3.97. The fraction of sp³-hybridized carbons (Fsp3) is 0.385. The summed E-state index contributed by atoms with van der Waals surface area (Å²) in [6.45, 7) is 12.4. The molecule has 6 nitrogen and oxygen atoms in total. The highest BCUT2D eigenvalue weighted by Gasteiger charge is 2.26. The van der Waals surface area contributed by atoms with E-state index in [-0.39, 0.29) is 29.8 Å². The SMILES string of the molecule is CC(C)(C)c1cc(C(C)(C)C)c(NC(=O)Cc2c[nH]c3ccccc23)cc1COC(=O)O. The van der Waals surface area contributed by atoms with Crippen molar-refractivity contribution in [3.05, 3.63) is 64.8 Å². The van der Waals surface area contributed by atoms with Crippen molar-refractivity contribution in [2.24, 2.45) is 0 Å². The summed E-state index contributed by atoms with van der Waals surface area (Å²) in [5, 5.41) is 13.1. The van der Waals surface area contributed by atoms with Crippen molar-refractivity contribution >= 4 is 28.7 Å². The molecule has 3 N–H and O–H groups in total. The first-order valence-electron chi connectivity index (χ1n) is 10.7. The van der Waals surface area contributed by atoms with Gasteiger partial charge in [0.05, 0.1) is 6.42 Å². The molecule has 0 atom stereocenters. The standard InChI is InChI=1S/C26H32N2O4/c1-25(2,3)19-13-20(26(4,5)6)22(11-17(19)15-32-24(30)31)28-23(29)12-16-14-27-21-10-8-7-9-18(16)21/h7-11,13-14,27H,12,15H2,1-6H3,(H,28,29)(H,30,31). The number of benzene rings is 2. The van der Waals surface area contributed by atoms with Gasteiger partial charge in [0.2, 0.25) is 5.91 Å². The zero-order chi connectivity index (χ0) is 23.7. The van der Waals surface area contributed by atoms with Crippen molar-refractivity contribution in [2.75, 3.05) is 5.32 Å². The summed E-state index contributed by atoms with van der Waals surface area (Å²) in [4.78, 5) is 27.2. The zero-order valence-electron chi connectivity index (χ0n) is 19.6. The highest BCUT2D eigenvalue weighted by molar-refractivity contribution is 5.96. The van der Waals surface area contributed by atoms with Crippen LogP contribution in [0.15, 0.2) is 42.6 Å². The number of fused-ring (bicyclic) bond motifs is 1. The predicted molar refractivity (Wildman–Crippen MR) is 127 cm³/mol. The lowest BCUT2D eigenvalue weighted by Gasteiger charge is -2.30. The van der Waals surface area contributed by atoms with Crippen LogP contribution in [-0.2, 0) is 33.4 Å². The second-order valence-electron chi connectivity index (χ2n) is 10.2. The van der Waals surface area contributed by atoms with E-state index in [1.54, 1.807) is 0 Å². The lowest BCUT2D eigenvalue weighted by molar-refractivity contribution is -0.115. The van der Waals surface area contributed by atoms with E-state index in [9.17, 15) is 9.59 Å². The molecule has 170 valence electrons. The molecular formula is C26H32N2O4. The van der Waals surface area contributed by atoms with Gasteiger partial charge < -0.3 is 20.1 Å². The van der Waals surface area contributed by atoms with Crippen molar-refractivity contribution < 1.29 is 19.4 Å². The monoisotopic (exact) mass is 436 g/mol. The first-order chi connectivity index (χ1) is 14.9. The molecule has 1 heterocycles. The minimum Gasteiger partial charge on any atom is -0.450 e. The van der Waals surface area contributed by atoms with Gasteiger partial charge in [0.25, 0.3) is 0 Å². The number of carboxylic acid groups (broad SMARTS) is 1. The molecule has 0 aliphatic rings. The second-order valence-corrected chi connectivity index (χ2v) is 10.2. The maximum atomic E-state index is 13.0. The van der Waals surface area contributed by atoms with Crippen molar-refractivity contribution in [2.45, 2.75) is 65.4 Å². The van der Waals surface area contributed by atoms with Gasteiger partial charge in [-0.1, -0.05) is 65.8 Å². The molecule has 1 aromatic heterocycles. The Labute approximate surface area is 189 Å². The molecule has 0 aliphatic heterocycles. The molecule has 6 heteroatoms. The Morgan fingerprint density at radius 3 is 2.25 bits per heavy atom. The van der Waals surface area contributed by atoms with Crippen LogP contribution >= 0.6 is 0 Å². The molecule has 3 rings (SSSR count). The van der Waals surface area contributed by atoms with E-state index in [0.717, 1.165) is 33.2 Å². The number of hydrogen-bond donors (Lipinski definition) is 3. The van der Waals surface area contributed by atoms with Crippen LogP contribution in [0.1, 0.15) is 63.8 Å². The number of rotatable bonds is 5. The number of anilines is 1. The quantitative estimate of drug-likeness (QED) is 0.419. The maximum absolute atomic E-state index is 13.0. The van der Waals surface area contributed by atoms with Crippen LogP contribution in [0.25, 0.3) is 10.9 Å². The van der Waals surface area contributed by atoms with E-state index in [1.807, 2.05) is 36.5 Å². The van der Waals surface area contributed by atoms with E-state index in [0.29, 0.717) is 5.69 Å². The topological polar surface area (TPSA) is 91.4 Å². The molecule has 1 amide bonds. The molecular weight excluding hydrogens is 404 g/mol. The van der Waals surface area contributed by atoms with Crippen LogP contribution < -0.4 is 5.32 Å². The van der Waals surface area contributed by atoms with Crippen LogP contribution in [0.3, 0.4) is 0 Å². The van der Waals surface area contributed by atoms with Crippen molar-refractivity contribution in [1.82, 2.24) is 4.98 Å². The Hall–Kier alpha value is -3.28. The van der Waals surface area contributed by atoms with Gasteiger partial charge in [-0.05, 0) is 45.2 Å². The number of aromatic nitrogens is 1. The van der Waals surface area contributed by atoms with Crippen LogP contribution in [0.4, 0.5) is 10.5 Å². The average Bonchev–Trinajstić information content (AvgIpc) is 3.07. The lowest BCUT2D eigenvalue weighted by atomic mass is 9.77. The van der Waals surface area contributed by atoms with E-state index in [2.05, 4.69) is 57.9 Å². The zero-order valence-corrected chi connectivity index (χ0v) is 19.6. The van der Waals surface area contributed by atoms with E-state index < -0.39 is 6.16 Å². The van der Waals surface area contributed by atoms with Gasteiger partial charge in [-0.3, -0.25) is 4.79 Å². The minimum absolute atomic E-state index is 0.0717. The molecule has 0 saturated heterocycles. The van der Waals surface area contributed by atoms with Crippen LogP contribution in [-0.4, -0.2) is 22.2 Å². The van der Waals surface area contributed by atoms with Crippen LogP contribution in [0.5, 0.6) is 0 Å². The minimum atomic E-state index is -1.32. The Bertz CT molecular complexity index is 1150. The second kappa shape index (κ2) is 8.69. The molecule has 0 radical (unpaired) electrons. The molecule has 32 heavy (non-hydrogen) atoms. The first-order valence-corrected chi connectivity index (χ1v) is 10.7. The Kier molecular flexibility index (Phi) is 6.35. The Morgan fingerprint density at radius 1 is 0.969 bits per heavy atom. The van der Waals surface area contributed by atoms with Crippen LogP contribution in [0, 0.1) is 0 Å². The number of ether oxygens (including phenoxy) is 1.